The first-order chi connectivity index (χ1) is 15.6. The Hall–Kier alpha value is -2.70. The number of carbonyl (C=O) groups excluding carboxylic acids is 1. The van der Waals surface area contributed by atoms with Gasteiger partial charge in [0, 0.05) is 24.8 Å². The second kappa shape index (κ2) is 10.1. The Balaban J connectivity index is 0.00000259. The van der Waals surface area contributed by atoms with Gasteiger partial charge >= 0.3 is 0 Å². The van der Waals surface area contributed by atoms with Crippen LogP contribution in [0.3, 0.4) is 0 Å². The highest BCUT2D eigenvalue weighted by Crippen LogP contribution is 2.31. The molecule has 1 saturated carbocycles. The fourth-order valence-electron chi connectivity index (χ4n) is 5.28. The van der Waals surface area contributed by atoms with E-state index in [2.05, 4.69) is 39.5 Å². The van der Waals surface area contributed by atoms with E-state index in [4.69, 9.17) is 0 Å². The summed E-state index contributed by atoms with van der Waals surface area (Å²) in [5, 5.41) is 11.9. The molecule has 1 aliphatic carbocycles. The summed E-state index contributed by atoms with van der Waals surface area (Å²) in [6.45, 7) is 6.45. The molecule has 0 radical (unpaired) electrons. The lowest BCUT2D eigenvalue weighted by molar-refractivity contribution is 0.102. The van der Waals surface area contributed by atoms with Crippen LogP contribution in [-0.4, -0.2) is 44.9 Å². The number of hydrogen-bond acceptors (Lipinski definition) is 4. The number of halogens is 1. The van der Waals surface area contributed by atoms with E-state index in [1.54, 1.807) is 0 Å². The lowest BCUT2D eigenvalue weighted by atomic mass is 10.0. The molecule has 7 heteroatoms. The van der Waals surface area contributed by atoms with E-state index in [9.17, 15) is 4.79 Å². The van der Waals surface area contributed by atoms with E-state index in [1.165, 1.54) is 35.2 Å². The number of aromatic nitrogens is 3. The summed E-state index contributed by atoms with van der Waals surface area (Å²) in [7, 11) is 0. The van der Waals surface area contributed by atoms with Gasteiger partial charge in [0.15, 0.2) is 5.69 Å². The number of fused-ring (bicyclic) bond motifs is 1. The third-order valence-corrected chi connectivity index (χ3v) is 7.07. The molecule has 1 amide bonds. The molecule has 0 bridgehead atoms. The number of rotatable bonds is 4. The largest absolute Gasteiger partial charge is 0.321 e. The summed E-state index contributed by atoms with van der Waals surface area (Å²) >= 11 is 0. The predicted octanol–water partition coefficient (Wildman–Crippen LogP) is 4.84. The lowest BCUT2D eigenvalue weighted by Crippen LogP contribution is -2.38. The zero-order chi connectivity index (χ0) is 22.1. The highest BCUT2D eigenvalue weighted by Gasteiger charge is 2.30. The van der Waals surface area contributed by atoms with Crippen molar-refractivity contribution < 1.29 is 4.79 Å². The number of aryl methyl sites for hydroxylation is 1. The number of benzene rings is 2. The van der Waals surface area contributed by atoms with E-state index < -0.39 is 0 Å². The molecule has 6 nitrogen and oxygen atoms in total. The zero-order valence-electron chi connectivity index (χ0n) is 19.3. The van der Waals surface area contributed by atoms with Gasteiger partial charge in [0.2, 0.25) is 0 Å². The Labute approximate surface area is 201 Å². The van der Waals surface area contributed by atoms with Crippen molar-refractivity contribution in [1.29, 1.82) is 0 Å². The Morgan fingerprint density at radius 1 is 1.00 bits per heavy atom. The molecule has 1 N–H and O–H groups in total. The van der Waals surface area contributed by atoms with Crippen molar-refractivity contribution in [1.82, 2.24) is 19.9 Å². The third kappa shape index (κ3) is 4.97. The molecule has 3 aromatic rings. The van der Waals surface area contributed by atoms with Gasteiger partial charge in [-0.1, -0.05) is 37.6 Å². The molecule has 1 aliphatic heterocycles. The maximum atomic E-state index is 12.9. The van der Waals surface area contributed by atoms with Crippen LogP contribution in [0, 0.1) is 12.8 Å². The first kappa shape index (κ1) is 23.5. The monoisotopic (exact) mass is 465 g/mol. The molecule has 33 heavy (non-hydrogen) atoms. The van der Waals surface area contributed by atoms with Crippen molar-refractivity contribution in [3.05, 3.63) is 71.0 Å². The molecule has 2 aliphatic rings. The summed E-state index contributed by atoms with van der Waals surface area (Å²) in [5.41, 5.74) is 5.38. The summed E-state index contributed by atoms with van der Waals surface area (Å²) in [6.07, 6.45) is 6.17. The van der Waals surface area contributed by atoms with Crippen molar-refractivity contribution >= 4 is 24.0 Å². The van der Waals surface area contributed by atoms with Crippen LogP contribution >= 0.6 is 12.4 Å². The van der Waals surface area contributed by atoms with Gasteiger partial charge in [-0.15, -0.1) is 17.5 Å². The van der Waals surface area contributed by atoms with E-state index in [0.29, 0.717) is 11.4 Å². The van der Waals surface area contributed by atoms with Crippen LogP contribution in [0.25, 0.3) is 5.69 Å². The molecule has 174 valence electrons. The smallest absolute Gasteiger partial charge is 0.278 e. The zero-order valence-corrected chi connectivity index (χ0v) is 20.1. The SMILES string of the molecule is Cc1nn(-c2ccccc2)nc1C(=O)Nc1ccc2c(c1)CCN(C1CCCC1C)CC2.Cl. The third-order valence-electron chi connectivity index (χ3n) is 7.07. The van der Waals surface area contributed by atoms with Crippen molar-refractivity contribution in [2.45, 2.75) is 52.0 Å². The summed E-state index contributed by atoms with van der Waals surface area (Å²) in [6, 6.07) is 16.7. The molecule has 2 aromatic carbocycles. The van der Waals surface area contributed by atoms with E-state index >= 15 is 0 Å². The first-order valence-electron chi connectivity index (χ1n) is 11.7. The number of anilines is 1. The topological polar surface area (TPSA) is 63.1 Å². The van der Waals surface area contributed by atoms with Gasteiger partial charge < -0.3 is 5.32 Å². The van der Waals surface area contributed by atoms with E-state index in [-0.39, 0.29) is 18.3 Å². The molecule has 0 spiro atoms. The van der Waals surface area contributed by atoms with Gasteiger partial charge in [0.25, 0.3) is 5.91 Å². The number of nitrogens with zero attached hydrogens (tertiary/aromatic N) is 4. The number of carbonyl (C=O) groups is 1. The van der Waals surface area contributed by atoms with Crippen LogP contribution in [-0.2, 0) is 12.8 Å². The van der Waals surface area contributed by atoms with Gasteiger partial charge in [-0.3, -0.25) is 9.69 Å². The Kier molecular flexibility index (Phi) is 7.15. The molecule has 0 saturated heterocycles. The first-order valence-corrected chi connectivity index (χ1v) is 11.7. The second-order valence-corrected chi connectivity index (χ2v) is 9.21. The second-order valence-electron chi connectivity index (χ2n) is 9.21. The molecular weight excluding hydrogens is 434 g/mol. The van der Waals surface area contributed by atoms with Gasteiger partial charge in [0.1, 0.15) is 0 Å². The van der Waals surface area contributed by atoms with Crippen molar-refractivity contribution in [3.63, 3.8) is 0 Å². The van der Waals surface area contributed by atoms with Crippen LogP contribution in [0.4, 0.5) is 5.69 Å². The van der Waals surface area contributed by atoms with Crippen LogP contribution in [0.5, 0.6) is 0 Å². The molecule has 2 atom stereocenters. The average Bonchev–Trinajstić information content (AvgIpc) is 3.34. The molecule has 1 aromatic heterocycles. The van der Waals surface area contributed by atoms with Gasteiger partial charge in [0.05, 0.1) is 11.4 Å². The summed E-state index contributed by atoms with van der Waals surface area (Å²) in [5.74, 6) is 0.582. The van der Waals surface area contributed by atoms with Crippen molar-refractivity contribution in [3.8, 4) is 5.69 Å². The standard InChI is InChI=1S/C26H31N5O.ClH/c1-18-7-6-10-24(18)30-15-13-20-11-12-22(17-21(20)14-16-30)27-26(32)25-19(2)28-31(29-25)23-8-4-3-5-9-23;/h3-5,8-9,11-12,17-18,24H,6-7,10,13-16H2,1-2H3,(H,27,32);1H. The Bertz CT molecular complexity index is 1110. The summed E-state index contributed by atoms with van der Waals surface area (Å²) in [4.78, 5) is 17.2. The van der Waals surface area contributed by atoms with Crippen molar-refractivity contribution in [2.24, 2.45) is 5.92 Å². The van der Waals surface area contributed by atoms with Crippen LogP contribution in [0.15, 0.2) is 48.5 Å². The highest BCUT2D eigenvalue weighted by molar-refractivity contribution is 6.03. The van der Waals surface area contributed by atoms with Crippen molar-refractivity contribution in [2.75, 3.05) is 18.4 Å². The van der Waals surface area contributed by atoms with Gasteiger partial charge in [-0.05, 0) is 73.9 Å². The van der Waals surface area contributed by atoms with Gasteiger partial charge in [-0.2, -0.15) is 9.90 Å². The molecule has 5 rings (SSSR count). The normalized spacial score (nSPS) is 20.5. The number of amides is 1. The Morgan fingerprint density at radius 2 is 1.76 bits per heavy atom. The van der Waals surface area contributed by atoms with E-state index in [1.807, 2.05) is 43.3 Å². The van der Waals surface area contributed by atoms with E-state index in [0.717, 1.165) is 49.3 Å². The quantitative estimate of drug-likeness (QED) is 0.598. The maximum absolute atomic E-state index is 12.9. The molecule has 2 heterocycles. The minimum absolute atomic E-state index is 0. The number of nitrogens with one attached hydrogen (secondary N) is 1. The summed E-state index contributed by atoms with van der Waals surface area (Å²) < 4.78 is 0. The van der Waals surface area contributed by atoms with Crippen LogP contribution in [0.2, 0.25) is 0 Å². The number of para-hydroxylation sites is 1. The molecule has 2 unspecified atom stereocenters. The number of hydrogen-bond donors (Lipinski definition) is 1. The average molecular weight is 466 g/mol. The predicted molar refractivity (Wildman–Crippen MR) is 134 cm³/mol. The lowest BCUT2D eigenvalue weighted by Gasteiger charge is -2.30. The molecular formula is C26H32ClN5O. The highest BCUT2D eigenvalue weighted by atomic mass is 35.5. The van der Waals surface area contributed by atoms with Gasteiger partial charge in [-0.25, -0.2) is 0 Å². The fourth-order valence-corrected chi connectivity index (χ4v) is 5.28. The fraction of sp³-hybridized carbons (Fsp3) is 0.423. The van der Waals surface area contributed by atoms with Crippen LogP contribution in [0.1, 0.15) is 53.5 Å². The maximum Gasteiger partial charge on any atom is 0.278 e. The minimum Gasteiger partial charge on any atom is -0.321 e. The minimum atomic E-state index is -0.223. The van der Waals surface area contributed by atoms with Crippen LogP contribution < -0.4 is 5.32 Å². The molecule has 1 fully saturated rings. The Morgan fingerprint density at radius 3 is 2.48 bits per heavy atom.